The molecule has 1 saturated heterocycles. The number of amides is 2. The topological polar surface area (TPSA) is 79.3 Å². The molecule has 0 aliphatic carbocycles. The third kappa shape index (κ3) is 4.26. The number of aromatic nitrogens is 3. The first-order chi connectivity index (χ1) is 15.0. The molecule has 0 unspecified atom stereocenters. The number of fused-ring (bicyclic) bond motifs is 1. The van der Waals surface area contributed by atoms with Gasteiger partial charge in [0, 0.05) is 44.0 Å². The molecule has 0 radical (unpaired) electrons. The van der Waals surface area contributed by atoms with Gasteiger partial charge in [-0.15, -0.1) is 0 Å². The second-order valence-electron chi connectivity index (χ2n) is 8.09. The Bertz CT molecular complexity index is 1120. The van der Waals surface area contributed by atoms with Crippen LogP contribution >= 0.6 is 0 Å². The Morgan fingerprint density at radius 3 is 2.68 bits per heavy atom. The maximum Gasteiger partial charge on any atom is 0.273 e. The van der Waals surface area contributed by atoms with Crippen molar-refractivity contribution >= 4 is 22.6 Å². The number of likely N-dealkylation sites (tertiary alicyclic amines) is 1. The fourth-order valence-corrected chi connectivity index (χ4v) is 4.26. The van der Waals surface area contributed by atoms with Gasteiger partial charge in [-0.1, -0.05) is 24.3 Å². The average Bonchev–Trinajstić information content (AvgIpc) is 3.03. The largest absolute Gasteiger partial charge is 0.338 e. The highest BCUT2D eigenvalue weighted by molar-refractivity contribution is 6.05. The van der Waals surface area contributed by atoms with Crippen LogP contribution in [0.1, 0.15) is 51.6 Å². The summed E-state index contributed by atoms with van der Waals surface area (Å²) in [7, 11) is 1.84. The van der Waals surface area contributed by atoms with E-state index in [1.165, 1.54) is 0 Å². The summed E-state index contributed by atoms with van der Waals surface area (Å²) in [5, 5.41) is 1.87. The third-order valence-corrected chi connectivity index (χ3v) is 6.06. The van der Waals surface area contributed by atoms with Gasteiger partial charge in [0.1, 0.15) is 11.5 Å². The van der Waals surface area contributed by atoms with E-state index in [9.17, 15) is 9.59 Å². The minimum atomic E-state index is -0.0793. The van der Waals surface area contributed by atoms with E-state index in [0.717, 1.165) is 30.0 Å². The lowest BCUT2D eigenvalue weighted by Gasteiger charge is -2.27. The van der Waals surface area contributed by atoms with Gasteiger partial charge >= 0.3 is 0 Å². The number of hydrogen-bond acceptors (Lipinski definition) is 5. The van der Waals surface area contributed by atoms with Crippen LogP contribution in [-0.4, -0.2) is 62.7 Å². The summed E-state index contributed by atoms with van der Waals surface area (Å²) in [6.45, 7) is 4.91. The molecular formula is C24H27N5O2. The van der Waals surface area contributed by atoms with Crippen LogP contribution in [0.2, 0.25) is 0 Å². The SMILES string of the molecule is Cc1ncc(C(=O)N2CCC[C@H](N(C)C(=O)c3nccc4ccccc34)CC2)c(C)n1. The van der Waals surface area contributed by atoms with Crippen molar-refractivity contribution < 1.29 is 9.59 Å². The molecule has 0 bridgehead atoms. The minimum Gasteiger partial charge on any atom is -0.338 e. The summed E-state index contributed by atoms with van der Waals surface area (Å²) < 4.78 is 0. The lowest BCUT2D eigenvalue weighted by molar-refractivity contribution is 0.0706. The summed E-state index contributed by atoms with van der Waals surface area (Å²) in [6, 6.07) is 9.77. The Morgan fingerprint density at radius 2 is 1.87 bits per heavy atom. The first kappa shape index (κ1) is 20.9. The Kier molecular flexibility index (Phi) is 5.93. The normalized spacial score (nSPS) is 16.7. The van der Waals surface area contributed by atoms with Crippen molar-refractivity contribution in [3.63, 3.8) is 0 Å². The fraction of sp³-hybridized carbons (Fsp3) is 0.375. The van der Waals surface area contributed by atoms with Gasteiger partial charge in [-0.25, -0.2) is 9.97 Å². The number of hydrogen-bond donors (Lipinski definition) is 0. The molecule has 0 saturated carbocycles. The molecule has 2 amide bonds. The van der Waals surface area contributed by atoms with Crippen LogP contribution in [0, 0.1) is 13.8 Å². The fourth-order valence-electron chi connectivity index (χ4n) is 4.26. The molecule has 160 valence electrons. The molecular weight excluding hydrogens is 390 g/mol. The Balaban J connectivity index is 1.48. The van der Waals surface area contributed by atoms with E-state index in [-0.39, 0.29) is 17.9 Å². The molecule has 0 spiro atoms. The average molecular weight is 418 g/mol. The number of carbonyl (C=O) groups is 2. The zero-order valence-electron chi connectivity index (χ0n) is 18.2. The predicted molar refractivity (Wildman–Crippen MR) is 119 cm³/mol. The van der Waals surface area contributed by atoms with Gasteiger partial charge in [0.15, 0.2) is 0 Å². The number of carbonyl (C=O) groups excluding carboxylic acids is 2. The highest BCUT2D eigenvalue weighted by Gasteiger charge is 2.28. The quantitative estimate of drug-likeness (QED) is 0.653. The van der Waals surface area contributed by atoms with E-state index in [2.05, 4.69) is 15.0 Å². The highest BCUT2D eigenvalue weighted by atomic mass is 16.2. The van der Waals surface area contributed by atoms with Crippen LogP contribution in [0.4, 0.5) is 0 Å². The monoisotopic (exact) mass is 417 g/mol. The number of benzene rings is 1. The summed E-state index contributed by atoms with van der Waals surface area (Å²) in [5.74, 6) is 0.541. The molecule has 2 aromatic heterocycles. The molecule has 0 N–H and O–H groups in total. The minimum absolute atomic E-state index is 0.0390. The van der Waals surface area contributed by atoms with Crippen molar-refractivity contribution in [1.82, 2.24) is 24.8 Å². The van der Waals surface area contributed by atoms with Crippen LogP contribution in [-0.2, 0) is 0 Å². The van der Waals surface area contributed by atoms with Crippen molar-refractivity contribution in [3.8, 4) is 0 Å². The predicted octanol–water partition coefficient (Wildman–Crippen LogP) is 3.41. The molecule has 7 heteroatoms. The second-order valence-corrected chi connectivity index (χ2v) is 8.09. The maximum absolute atomic E-state index is 13.2. The van der Waals surface area contributed by atoms with Crippen molar-refractivity contribution in [2.24, 2.45) is 0 Å². The smallest absolute Gasteiger partial charge is 0.273 e. The molecule has 1 atom stereocenters. The van der Waals surface area contributed by atoms with Crippen LogP contribution in [0.15, 0.2) is 42.7 Å². The molecule has 4 rings (SSSR count). The lowest BCUT2D eigenvalue weighted by atomic mass is 10.1. The van der Waals surface area contributed by atoms with Gasteiger partial charge in [-0.3, -0.25) is 14.6 Å². The Morgan fingerprint density at radius 1 is 1.06 bits per heavy atom. The molecule has 1 aliphatic rings. The third-order valence-electron chi connectivity index (χ3n) is 6.06. The molecule has 3 aromatic rings. The molecule has 3 heterocycles. The Hall–Kier alpha value is -3.35. The van der Waals surface area contributed by atoms with Crippen molar-refractivity contribution in [2.45, 2.75) is 39.2 Å². The molecule has 1 aliphatic heterocycles. The Labute approximate surface area is 182 Å². The van der Waals surface area contributed by atoms with E-state index in [0.29, 0.717) is 35.9 Å². The summed E-state index contributed by atoms with van der Waals surface area (Å²) in [4.78, 5) is 42.8. The van der Waals surface area contributed by atoms with Gasteiger partial charge in [-0.2, -0.15) is 0 Å². The molecule has 1 aromatic carbocycles. The van der Waals surface area contributed by atoms with Crippen molar-refractivity contribution in [2.75, 3.05) is 20.1 Å². The number of rotatable bonds is 3. The van der Waals surface area contributed by atoms with Crippen molar-refractivity contribution in [1.29, 1.82) is 0 Å². The zero-order chi connectivity index (χ0) is 22.0. The lowest BCUT2D eigenvalue weighted by Crippen LogP contribution is -2.39. The van der Waals surface area contributed by atoms with Crippen molar-refractivity contribution in [3.05, 3.63) is 65.5 Å². The van der Waals surface area contributed by atoms with E-state index < -0.39 is 0 Å². The van der Waals surface area contributed by atoms with Gasteiger partial charge in [0.25, 0.3) is 11.8 Å². The molecule has 7 nitrogen and oxygen atoms in total. The first-order valence-electron chi connectivity index (χ1n) is 10.7. The van der Waals surface area contributed by atoms with Crippen LogP contribution in [0.3, 0.4) is 0 Å². The maximum atomic E-state index is 13.2. The summed E-state index contributed by atoms with van der Waals surface area (Å²) in [5.41, 5.74) is 1.73. The van der Waals surface area contributed by atoms with E-state index in [4.69, 9.17) is 0 Å². The standard InChI is InChI=1S/C24H27N5O2/c1-16-21(15-26-17(2)27-16)23(30)29-13-6-8-19(11-14-29)28(3)24(31)22-20-9-5-4-7-18(20)10-12-25-22/h4-5,7,9-10,12,15,19H,6,8,11,13-14H2,1-3H3/t19-/m0/s1. The van der Waals surface area contributed by atoms with E-state index >= 15 is 0 Å². The number of aryl methyl sites for hydroxylation is 2. The number of pyridine rings is 1. The van der Waals surface area contributed by atoms with Crippen LogP contribution in [0.5, 0.6) is 0 Å². The van der Waals surface area contributed by atoms with E-state index in [1.807, 2.05) is 56.1 Å². The van der Waals surface area contributed by atoms with Crippen LogP contribution < -0.4 is 0 Å². The van der Waals surface area contributed by atoms with Gasteiger partial charge < -0.3 is 9.80 Å². The highest BCUT2D eigenvalue weighted by Crippen LogP contribution is 2.22. The zero-order valence-corrected chi connectivity index (χ0v) is 18.2. The summed E-state index contributed by atoms with van der Waals surface area (Å²) in [6.07, 6.45) is 5.71. The first-order valence-corrected chi connectivity index (χ1v) is 10.7. The second kappa shape index (κ2) is 8.79. The van der Waals surface area contributed by atoms with Crippen LogP contribution in [0.25, 0.3) is 10.8 Å². The molecule has 31 heavy (non-hydrogen) atoms. The van der Waals surface area contributed by atoms with Gasteiger partial charge in [-0.05, 0) is 44.6 Å². The number of nitrogens with zero attached hydrogens (tertiary/aromatic N) is 5. The van der Waals surface area contributed by atoms with Gasteiger partial charge in [0.05, 0.1) is 11.3 Å². The van der Waals surface area contributed by atoms with Gasteiger partial charge in [0.2, 0.25) is 0 Å². The van der Waals surface area contributed by atoms with E-state index in [1.54, 1.807) is 17.3 Å². The summed E-state index contributed by atoms with van der Waals surface area (Å²) >= 11 is 0. The molecule has 1 fully saturated rings.